The van der Waals surface area contributed by atoms with Crippen molar-refractivity contribution < 1.29 is 14.1 Å². The first kappa shape index (κ1) is 15.6. The van der Waals surface area contributed by atoms with E-state index < -0.39 is 0 Å². The van der Waals surface area contributed by atoms with Gasteiger partial charge in [-0.25, -0.2) is 4.98 Å². The molecule has 0 saturated heterocycles. The molecule has 0 bridgehead atoms. The standard InChI is InChI=1S/C19H19N3O3/c1-11-16-9-14(10-20-19(16)25-22-11)18(23)21-17(12-3-4-12)13-5-7-15(24-2)8-6-13/h5-10,12,17H,3-4H2,1-2H3,(H,21,23)/t17-/m0/s1. The molecule has 1 aliphatic carbocycles. The molecule has 128 valence electrons. The molecule has 1 saturated carbocycles. The van der Waals surface area contributed by atoms with Crippen molar-refractivity contribution in [3.05, 3.63) is 53.3 Å². The minimum Gasteiger partial charge on any atom is -0.497 e. The maximum absolute atomic E-state index is 12.7. The summed E-state index contributed by atoms with van der Waals surface area (Å²) in [5.41, 5.74) is 2.78. The summed E-state index contributed by atoms with van der Waals surface area (Å²) in [4.78, 5) is 16.9. The summed E-state index contributed by atoms with van der Waals surface area (Å²) < 4.78 is 10.3. The van der Waals surface area contributed by atoms with Crippen LogP contribution in [0.5, 0.6) is 5.75 Å². The maximum atomic E-state index is 12.7. The van der Waals surface area contributed by atoms with Crippen molar-refractivity contribution in [2.75, 3.05) is 7.11 Å². The van der Waals surface area contributed by atoms with Gasteiger partial charge >= 0.3 is 0 Å². The number of nitrogens with one attached hydrogen (secondary N) is 1. The Labute approximate surface area is 145 Å². The largest absolute Gasteiger partial charge is 0.497 e. The van der Waals surface area contributed by atoms with E-state index in [1.165, 1.54) is 6.20 Å². The Bertz CT molecular complexity index is 913. The van der Waals surface area contributed by atoms with E-state index in [0.29, 0.717) is 17.2 Å². The molecular weight excluding hydrogens is 318 g/mol. The van der Waals surface area contributed by atoms with Crippen molar-refractivity contribution in [1.82, 2.24) is 15.5 Å². The highest BCUT2D eigenvalue weighted by atomic mass is 16.5. The van der Waals surface area contributed by atoms with Crippen molar-refractivity contribution in [1.29, 1.82) is 0 Å². The SMILES string of the molecule is COc1ccc([C@@H](NC(=O)c2cnc3onc(C)c3c2)C2CC2)cc1. The van der Waals surface area contributed by atoms with Crippen molar-refractivity contribution >= 4 is 17.0 Å². The number of hydrogen-bond donors (Lipinski definition) is 1. The number of ether oxygens (including phenoxy) is 1. The van der Waals surface area contributed by atoms with E-state index in [1.54, 1.807) is 13.2 Å². The maximum Gasteiger partial charge on any atom is 0.257 e. The fraction of sp³-hybridized carbons (Fsp3) is 0.316. The van der Waals surface area contributed by atoms with Gasteiger partial charge in [0.25, 0.3) is 11.6 Å². The summed E-state index contributed by atoms with van der Waals surface area (Å²) in [6.45, 7) is 1.83. The number of rotatable bonds is 5. The molecule has 2 heterocycles. The van der Waals surface area contributed by atoms with Gasteiger partial charge in [-0.2, -0.15) is 0 Å². The lowest BCUT2D eigenvalue weighted by molar-refractivity contribution is 0.0931. The molecule has 0 spiro atoms. The summed E-state index contributed by atoms with van der Waals surface area (Å²) in [5, 5.41) is 7.80. The Morgan fingerprint density at radius 1 is 1.32 bits per heavy atom. The van der Waals surface area contributed by atoms with Crippen molar-refractivity contribution in [3.63, 3.8) is 0 Å². The molecule has 6 nitrogen and oxygen atoms in total. The Hall–Kier alpha value is -2.89. The molecule has 0 aliphatic heterocycles. The van der Waals surface area contributed by atoms with Crippen LogP contribution in [0.3, 0.4) is 0 Å². The van der Waals surface area contributed by atoms with Crippen LogP contribution in [-0.4, -0.2) is 23.2 Å². The average Bonchev–Trinajstić information content (AvgIpc) is 3.43. The molecule has 25 heavy (non-hydrogen) atoms. The van der Waals surface area contributed by atoms with Gasteiger partial charge in [0, 0.05) is 6.20 Å². The predicted molar refractivity (Wildman–Crippen MR) is 92.5 cm³/mol. The van der Waals surface area contributed by atoms with Crippen LogP contribution in [0.1, 0.15) is 40.5 Å². The van der Waals surface area contributed by atoms with Gasteiger partial charge in [0.2, 0.25) is 0 Å². The molecule has 3 aromatic rings. The smallest absolute Gasteiger partial charge is 0.257 e. The van der Waals surface area contributed by atoms with E-state index in [4.69, 9.17) is 9.26 Å². The molecule has 1 N–H and O–H groups in total. The number of aryl methyl sites for hydroxylation is 1. The third kappa shape index (κ3) is 3.07. The van der Waals surface area contributed by atoms with Crippen molar-refractivity contribution in [2.24, 2.45) is 5.92 Å². The number of fused-ring (bicyclic) bond motifs is 1. The molecule has 1 atom stereocenters. The minimum atomic E-state index is -0.136. The summed E-state index contributed by atoms with van der Waals surface area (Å²) in [7, 11) is 1.64. The second kappa shape index (κ2) is 6.20. The van der Waals surface area contributed by atoms with Gasteiger partial charge in [0.15, 0.2) is 0 Å². The highest BCUT2D eigenvalue weighted by Gasteiger charge is 2.33. The molecule has 1 fully saturated rings. The highest BCUT2D eigenvalue weighted by Crippen LogP contribution is 2.41. The number of methoxy groups -OCH3 is 1. The van der Waals surface area contributed by atoms with Gasteiger partial charge < -0.3 is 14.6 Å². The van der Waals surface area contributed by atoms with Gasteiger partial charge in [0.05, 0.1) is 29.8 Å². The van der Waals surface area contributed by atoms with Crippen LogP contribution < -0.4 is 10.1 Å². The molecule has 1 aromatic carbocycles. The van der Waals surface area contributed by atoms with E-state index >= 15 is 0 Å². The van der Waals surface area contributed by atoms with E-state index in [2.05, 4.69) is 15.5 Å². The van der Waals surface area contributed by atoms with Crippen LogP contribution in [0, 0.1) is 12.8 Å². The fourth-order valence-corrected chi connectivity index (χ4v) is 3.01. The molecular formula is C19H19N3O3. The summed E-state index contributed by atoms with van der Waals surface area (Å²) in [5.74, 6) is 1.15. The highest BCUT2D eigenvalue weighted by molar-refractivity contribution is 5.97. The Kier molecular flexibility index (Phi) is 3.87. The van der Waals surface area contributed by atoms with Gasteiger partial charge in [0.1, 0.15) is 5.75 Å². The van der Waals surface area contributed by atoms with Gasteiger partial charge in [-0.3, -0.25) is 4.79 Å². The Morgan fingerprint density at radius 3 is 2.76 bits per heavy atom. The summed E-state index contributed by atoms with van der Waals surface area (Å²) in [6.07, 6.45) is 3.78. The molecule has 2 aromatic heterocycles. The number of carbonyl (C=O) groups is 1. The fourth-order valence-electron chi connectivity index (χ4n) is 3.01. The van der Waals surface area contributed by atoms with E-state index in [1.807, 2.05) is 31.2 Å². The molecule has 0 unspecified atom stereocenters. The normalized spacial score (nSPS) is 15.1. The first-order chi connectivity index (χ1) is 12.2. The number of hydrogen-bond acceptors (Lipinski definition) is 5. The topological polar surface area (TPSA) is 77.2 Å². The lowest BCUT2D eigenvalue weighted by atomic mass is 10.0. The molecule has 1 amide bonds. The average molecular weight is 337 g/mol. The minimum absolute atomic E-state index is 0.00215. The van der Waals surface area contributed by atoms with Crippen molar-refractivity contribution in [2.45, 2.75) is 25.8 Å². The Morgan fingerprint density at radius 2 is 2.08 bits per heavy atom. The van der Waals surface area contributed by atoms with Gasteiger partial charge in [-0.1, -0.05) is 17.3 Å². The zero-order valence-electron chi connectivity index (χ0n) is 14.2. The van der Waals surface area contributed by atoms with Crippen LogP contribution >= 0.6 is 0 Å². The van der Waals surface area contributed by atoms with E-state index in [-0.39, 0.29) is 11.9 Å². The van der Waals surface area contributed by atoms with Crippen LogP contribution in [0.15, 0.2) is 41.1 Å². The lowest BCUT2D eigenvalue weighted by Crippen LogP contribution is -2.30. The zero-order valence-corrected chi connectivity index (χ0v) is 14.2. The van der Waals surface area contributed by atoms with E-state index in [9.17, 15) is 4.79 Å². The third-order valence-electron chi connectivity index (χ3n) is 4.63. The van der Waals surface area contributed by atoms with Crippen LogP contribution in [-0.2, 0) is 0 Å². The third-order valence-corrected chi connectivity index (χ3v) is 4.63. The second-order valence-corrected chi connectivity index (χ2v) is 6.41. The number of carbonyl (C=O) groups excluding carboxylic acids is 1. The predicted octanol–water partition coefficient (Wildman–Crippen LogP) is 3.42. The molecule has 6 heteroatoms. The lowest BCUT2D eigenvalue weighted by Gasteiger charge is -2.19. The molecule has 4 rings (SSSR count). The van der Waals surface area contributed by atoms with Crippen LogP contribution in [0.2, 0.25) is 0 Å². The van der Waals surface area contributed by atoms with Gasteiger partial charge in [-0.15, -0.1) is 0 Å². The van der Waals surface area contributed by atoms with Crippen LogP contribution in [0.4, 0.5) is 0 Å². The summed E-state index contributed by atoms with van der Waals surface area (Å²) >= 11 is 0. The number of amides is 1. The first-order valence-corrected chi connectivity index (χ1v) is 8.32. The Balaban J connectivity index is 1.58. The number of pyridine rings is 1. The van der Waals surface area contributed by atoms with Gasteiger partial charge in [-0.05, 0) is 49.4 Å². The molecule has 1 aliphatic rings. The molecule has 0 radical (unpaired) electrons. The number of nitrogens with zero attached hydrogens (tertiary/aromatic N) is 2. The summed E-state index contributed by atoms with van der Waals surface area (Å²) in [6, 6.07) is 9.64. The van der Waals surface area contributed by atoms with Crippen molar-refractivity contribution in [3.8, 4) is 5.75 Å². The number of benzene rings is 1. The second-order valence-electron chi connectivity index (χ2n) is 6.41. The zero-order chi connectivity index (χ0) is 17.4. The quantitative estimate of drug-likeness (QED) is 0.772. The van der Waals surface area contributed by atoms with Crippen LogP contribution in [0.25, 0.3) is 11.1 Å². The number of aromatic nitrogens is 2. The first-order valence-electron chi connectivity index (χ1n) is 8.32. The monoisotopic (exact) mass is 337 g/mol. The van der Waals surface area contributed by atoms with E-state index in [0.717, 1.165) is 35.2 Å².